The normalized spacial score (nSPS) is 18.7. The summed E-state index contributed by atoms with van der Waals surface area (Å²) >= 11 is 0. The van der Waals surface area contributed by atoms with E-state index in [1.807, 2.05) is 4.90 Å². The summed E-state index contributed by atoms with van der Waals surface area (Å²) in [5.41, 5.74) is 6.49. The van der Waals surface area contributed by atoms with Gasteiger partial charge in [-0.15, -0.1) is 0 Å². The van der Waals surface area contributed by atoms with Crippen LogP contribution >= 0.6 is 0 Å². The van der Waals surface area contributed by atoms with Gasteiger partial charge in [0.25, 0.3) is 11.5 Å². The molecule has 6 rings (SSSR count). The summed E-state index contributed by atoms with van der Waals surface area (Å²) < 4.78 is 39.6. The maximum absolute atomic E-state index is 13.5. The van der Waals surface area contributed by atoms with E-state index in [0.29, 0.717) is 23.0 Å². The topological polar surface area (TPSA) is 111 Å². The molecule has 0 aliphatic carbocycles. The molecule has 8 nitrogen and oxygen atoms in total. The van der Waals surface area contributed by atoms with Gasteiger partial charge in [-0.05, 0) is 75.2 Å². The molecule has 1 atom stereocenters. The molecule has 2 aliphatic rings. The maximum Gasteiger partial charge on any atom is 0.416 e. The number of alkyl halides is 3. The number of benzene rings is 2. The zero-order valence-electron chi connectivity index (χ0n) is 20.6. The third-order valence-corrected chi connectivity index (χ3v) is 7.65. The SMILES string of the molecule is Nc1c(-c2nc3cc(C(F)(F)F)ccc3[nH]c2=O)[nH]c2ccc(C(=O)N3CCC[C@@H]3CN3CCCC3)cc12. The van der Waals surface area contributed by atoms with E-state index in [1.54, 1.807) is 18.2 Å². The first-order valence-corrected chi connectivity index (χ1v) is 12.8. The molecule has 0 radical (unpaired) electrons. The molecule has 2 fully saturated rings. The van der Waals surface area contributed by atoms with Crippen LogP contribution < -0.4 is 11.3 Å². The Morgan fingerprint density at radius 2 is 1.79 bits per heavy atom. The predicted molar refractivity (Wildman–Crippen MR) is 139 cm³/mol. The molecule has 1 amide bonds. The molecule has 198 valence electrons. The number of carbonyl (C=O) groups excluding carboxylic acids is 1. The first-order chi connectivity index (χ1) is 18.2. The van der Waals surface area contributed by atoms with E-state index in [1.165, 1.54) is 18.9 Å². The number of nitrogens with one attached hydrogen (secondary N) is 2. The van der Waals surface area contributed by atoms with Gasteiger partial charge in [-0.25, -0.2) is 4.98 Å². The highest BCUT2D eigenvalue weighted by Gasteiger charge is 2.32. The number of carbonyl (C=O) groups is 1. The van der Waals surface area contributed by atoms with Crippen molar-refractivity contribution in [3.63, 3.8) is 0 Å². The summed E-state index contributed by atoms with van der Waals surface area (Å²) in [6.45, 7) is 3.75. The molecule has 2 aliphatic heterocycles. The molecule has 2 aromatic carbocycles. The Balaban J connectivity index is 1.34. The molecule has 38 heavy (non-hydrogen) atoms. The number of nitrogens with two attached hydrogens (primary N) is 1. The number of aromatic nitrogens is 3. The predicted octanol–water partition coefficient (Wildman–Crippen LogP) is 4.37. The molecular formula is C27H27F3N6O2. The molecule has 4 aromatic rings. The quantitative estimate of drug-likeness (QED) is 0.367. The second-order valence-electron chi connectivity index (χ2n) is 10.1. The van der Waals surface area contributed by atoms with Crippen LogP contribution in [0.15, 0.2) is 41.2 Å². The van der Waals surface area contributed by atoms with Gasteiger partial charge < -0.3 is 25.5 Å². The minimum absolute atomic E-state index is 0.0126. The minimum atomic E-state index is -4.54. The van der Waals surface area contributed by atoms with Crippen molar-refractivity contribution in [2.24, 2.45) is 0 Å². The number of anilines is 1. The van der Waals surface area contributed by atoms with E-state index < -0.39 is 17.3 Å². The lowest BCUT2D eigenvalue weighted by molar-refractivity contribution is -0.137. The Hall–Kier alpha value is -3.86. The summed E-state index contributed by atoms with van der Waals surface area (Å²) in [5, 5.41) is 0.548. The Bertz CT molecular complexity index is 1600. The van der Waals surface area contributed by atoms with Crippen molar-refractivity contribution in [3.05, 3.63) is 57.9 Å². The zero-order chi connectivity index (χ0) is 26.6. The maximum atomic E-state index is 13.5. The molecule has 2 saturated heterocycles. The van der Waals surface area contributed by atoms with Crippen LogP contribution in [-0.4, -0.2) is 62.9 Å². The fraction of sp³-hybridized carbons (Fsp3) is 0.370. The summed E-state index contributed by atoms with van der Waals surface area (Å²) in [6.07, 6.45) is -0.198. The van der Waals surface area contributed by atoms with Crippen molar-refractivity contribution < 1.29 is 18.0 Å². The lowest BCUT2D eigenvalue weighted by Crippen LogP contribution is -2.42. The molecule has 0 spiro atoms. The van der Waals surface area contributed by atoms with Crippen LogP contribution in [0.2, 0.25) is 0 Å². The third kappa shape index (κ3) is 4.30. The number of halogens is 3. The highest BCUT2D eigenvalue weighted by molar-refractivity contribution is 6.05. The van der Waals surface area contributed by atoms with E-state index in [4.69, 9.17) is 5.73 Å². The third-order valence-electron chi connectivity index (χ3n) is 7.65. The molecule has 0 saturated carbocycles. The van der Waals surface area contributed by atoms with E-state index in [-0.39, 0.29) is 40.1 Å². The summed E-state index contributed by atoms with van der Waals surface area (Å²) in [6, 6.07) is 8.30. The molecule has 0 bridgehead atoms. The average Bonchev–Trinajstić information content (AvgIpc) is 3.64. The number of rotatable bonds is 4. The molecule has 4 N–H and O–H groups in total. The summed E-state index contributed by atoms with van der Waals surface area (Å²) in [5.74, 6) is -0.0582. The number of fused-ring (bicyclic) bond motifs is 2. The zero-order valence-corrected chi connectivity index (χ0v) is 20.6. The Labute approximate surface area is 215 Å². The van der Waals surface area contributed by atoms with Crippen molar-refractivity contribution in [2.75, 3.05) is 31.9 Å². The van der Waals surface area contributed by atoms with Crippen LogP contribution in [0.25, 0.3) is 33.3 Å². The van der Waals surface area contributed by atoms with E-state index in [9.17, 15) is 22.8 Å². The summed E-state index contributed by atoms with van der Waals surface area (Å²) in [7, 11) is 0. The highest BCUT2D eigenvalue weighted by atomic mass is 19.4. The van der Waals surface area contributed by atoms with Gasteiger partial charge in [0.15, 0.2) is 5.69 Å². The largest absolute Gasteiger partial charge is 0.416 e. The number of nitrogens with zero attached hydrogens (tertiary/aromatic N) is 3. The molecule has 0 unspecified atom stereocenters. The van der Waals surface area contributed by atoms with Crippen molar-refractivity contribution in [2.45, 2.75) is 37.9 Å². The van der Waals surface area contributed by atoms with Crippen LogP contribution in [0.1, 0.15) is 41.6 Å². The smallest absolute Gasteiger partial charge is 0.396 e. The van der Waals surface area contributed by atoms with Crippen LogP contribution in [0.4, 0.5) is 18.9 Å². The molecule has 2 aromatic heterocycles. The van der Waals surface area contributed by atoms with Crippen molar-refractivity contribution in [3.8, 4) is 11.4 Å². The van der Waals surface area contributed by atoms with Crippen LogP contribution in [0, 0.1) is 0 Å². The molecular weight excluding hydrogens is 497 g/mol. The van der Waals surface area contributed by atoms with E-state index >= 15 is 0 Å². The number of likely N-dealkylation sites (tertiary alicyclic amines) is 2. The van der Waals surface area contributed by atoms with Crippen molar-refractivity contribution in [1.82, 2.24) is 24.8 Å². The average molecular weight is 525 g/mol. The summed E-state index contributed by atoms with van der Waals surface area (Å²) in [4.78, 5) is 40.5. The van der Waals surface area contributed by atoms with Gasteiger partial charge in [0.1, 0.15) is 0 Å². The fourth-order valence-electron chi connectivity index (χ4n) is 5.68. The first-order valence-electron chi connectivity index (χ1n) is 12.8. The lowest BCUT2D eigenvalue weighted by Gasteiger charge is -2.28. The fourth-order valence-corrected chi connectivity index (χ4v) is 5.68. The standard InChI is InChI=1S/C27H27F3N6O2/c28-27(29,30)16-6-8-20-21(13-16)33-24(25(37)34-20)23-22(31)18-12-15(5-7-19(18)32-23)26(38)36-11-3-4-17(36)14-35-9-1-2-10-35/h5-8,12-13,17,32H,1-4,9-11,14,31H2,(H,34,37)/t17-/m1/s1. The Kier molecular flexibility index (Phi) is 5.90. The lowest BCUT2D eigenvalue weighted by atomic mass is 10.1. The second-order valence-corrected chi connectivity index (χ2v) is 10.1. The van der Waals surface area contributed by atoms with Gasteiger partial charge in [-0.3, -0.25) is 9.59 Å². The van der Waals surface area contributed by atoms with E-state index in [2.05, 4.69) is 19.9 Å². The van der Waals surface area contributed by atoms with Gasteiger partial charge in [0.05, 0.1) is 28.0 Å². The van der Waals surface area contributed by atoms with Gasteiger partial charge in [-0.1, -0.05) is 0 Å². The van der Waals surface area contributed by atoms with E-state index in [0.717, 1.165) is 44.6 Å². The van der Waals surface area contributed by atoms with Gasteiger partial charge in [0, 0.05) is 35.6 Å². The van der Waals surface area contributed by atoms with Gasteiger partial charge >= 0.3 is 6.18 Å². The van der Waals surface area contributed by atoms with Crippen molar-refractivity contribution >= 4 is 33.5 Å². The molecule has 11 heteroatoms. The van der Waals surface area contributed by atoms with Crippen LogP contribution in [0.3, 0.4) is 0 Å². The number of aromatic amines is 2. The number of amides is 1. The Morgan fingerprint density at radius 3 is 2.55 bits per heavy atom. The molecule has 4 heterocycles. The van der Waals surface area contributed by atoms with Crippen LogP contribution in [0.5, 0.6) is 0 Å². The highest BCUT2D eigenvalue weighted by Crippen LogP contribution is 2.34. The van der Waals surface area contributed by atoms with Gasteiger partial charge in [-0.2, -0.15) is 13.2 Å². The number of H-pyrrole nitrogens is 2. The monoisotopic (exact) mass is 524 g/mol. The minimum Gasteiger partial charge on any atom is -0.396 e. The number of hydrogen-bond donors (Lipinski definition) is 3. The Morgan fingerprint density at radius 1 is 1.03 bits per heavy atom. The van der Waals surface area contributed by atoms with Crippen LogP contribution in [-0.2, 0) is 6.18 Å². The number of nitrogen functional groups attached to an aromatic ring is 1. The van der Waals surface area contributed by atoms with Gasteiger partial charge in [0.2, 0.25) is 0 Å². The first kappa shape index (κ1) is 24.5. The van der Waals surface area contributed by atoms with Crippen molar-refractivity contribution in [1.29, 1.82) is 0 Å². The number of hydrogen-bond acceptors (Lipinski definition) is 5. The second kappa shape index (κ2) is 9.16.